The average molecular weight is 517 g/mol. The Morgan fingerprint density at radius 2 is 1.68 bits per heavy atom. The van der Waals surface area contributed by atoms with Crippen molar-refractivity contribution in [2.75, 3.05) is 26.2 Å². The first-order chi connectivity index (χ1) is 18.3. The highest BCUT2D eigenvalue weighted by Gasteiger charge is 2.38. The number of carbonyl (C=O) groups excluding carboxylic acids is 2. The molecule has 0 saturated carbocycles. The van der Waals surface area contributed by atoms with Crippen LogP contribution >= 0.6 is 0 Å². The number of amides is 3. The summed E-state index contributed by atoms with van der Waals surface area (Å²) in [5.74, 6) is -0.0127. The van der Waals surface area contributed by atoms with Crippen molar-refractivity contribution in [1.82, 2.24) is 29.6 Å². The number of hydrogen-bond donors (Lipinski definition) is 1. The van der Waals surface area contributed by atoms with Crippen LogP contribution in [-0.4, -0.2) is 73.9 Å². The first-order valence-electron chi connectivity index (χ1n) is 13.4. The number of benzene rings is 2. The van der Waals surface area contributed by atoms with Gasteiger partial charge < -0.3 is 19.7 Å². The molecule has 1 N–H and O–H groups in total. The lowest BCUT2D eigenvalue weighted by Crippen LogP contribution is -2.64. The SMILES string of the molecule is CC(C)(C)NC(=O)N1CCN(Cc2ccccc2)C[C@@H]1C(=O)N(CCCn1ccnc1)Cc1ccccc1. The Morgan fingerprint density at radius 3 is 2.32 bits per heavy atom. The summed E-state index contributed by atoms with van der Waals surface area (Å²) in [5.41, 5.74) is 1.89. The number of carbonyl (C=O) groups is 2. The van der Waals surface area contributed by atoms with E-state index in [0.717, 1.165) is 31.6 Å². The minimum Gasteiger partial charge on any atom is -0.337 e. The number of hydrogen-bond acceptors (Lipinski definition) is 4. The number of urea groups is 1. The largest absolute Gasteiger partial charge is 0.337 e. The van der Waals surface area contributed by atoms with Gasteiger partial charge in [0.25, 0.3) is 0 Å². The smallest absolute Gasteiger partial charge is 0.318 e. The molecule has 3 amide bonds. The Kier molecular flexibility index (Phi) is 9.18. The Balaban J connectivity index is 1.54. The molecule has 4 rings (SSSR count). The Bertz CT molecular complexity index is 1140. The predicted molar refractivity (Wildman–Crippen MR) is 149 cm³/mol. The highest BCUT2D eigenvalue weighted by Crippen LogP contribution is 2.19. The summed E-state index contributed by atoms with van der Waals surface area (Å²) < 4.78 is 2.02. The molecule has 0 bridgehead atoms. The van der Waals surface area contributed by atoms with Gasteiger partial charge in [-0.15, -0.1) is 0 Å². The van der Waals surface area contributed by atoms with Gasteiger partial charge in [0.2, 0.25) is 5.91 Å². The van der Waals surface area contributed by atoms with E-state index in [0.29, 0.717) is 26.2 Å². The summed E-state index contributed by atoms with van der Waals surface area (Å²) in [6.45, 7) is 10.2. The zero-order valence-corrected chi connectivity index (χ0v) is 22.8. The Hall–Kier alpha value is -3.65. The number of nitrogens with zero attached hydrogens (tertiary/aromatic N) is 5. The fraction of sp³-hybridized carbons (Fsp3) is 0.433. The van der Waals surface area contributed by atoms with Crippen molar-refractivity contribution >= 4 is 11.9 Å². The third-order valence-corrected chi connectivity index (χ3v) is 6.67. The molecule has 1 atom stereocenters. The van der Waals surface area contributed by atoms with Crippen molar-refractivity contribution in [3.05, 3.63) is 90.5 Å². The molecule has 0 aliphatic carbocycles. The van der Waals surface area contributed by atoms with E-state index in [-0.39, 0.29) is 17.5 Å². The van der Waals surface area contributed by atoms with Gasteiger partial charge in [0, 0.05) is 63.7 Å². The number of rotatable bonds is 9. The molecule has 0 spiro atoms. The van der Waals surface area contributed by atoms with Crippen LogP contribution in [0.5, 0.6) is 0 Å². The van der Waals surface area contributed by atoms with Crippen LogP contribution in [0.2, 0.25) is 0 Å². The van der Waals surface area contributed by atoms with Crippen LogP contribution in [0.1, 0.15) is 38.3 Å². The van der Waals surface area contributed by atoms with Gasteiger partial charge in [0.15, 0.2) is 0 Å². The summed E-state index contributed by atoms with van der Waals surface area (Å²) in [6.07, 6.45) is 6.29. The third kappa shape index (κ3) is 7.92. The molecule has 1 aromatic heterocycles. The second-order valence-electron chi connectivity index (χ2n) is 11.0. The zero-order valence-electron chi connectivity index (χ0n) is 22.8. The topological polar surface area (TPSA) is 73.7 Å². The van der Waals surface area contributed by atoms with Gasteiger partial charge in [-0.25, -0.2) is 9.78 Å². The second kappa shape index (κ2) is 12.7. The fourth-order valence-electron chi connectivity index (χ4n) is 4.82. The maximum Gasteiger partial charge on any atom is 0.318 e. The lowest BCUT2D eigenvalue weighted by molar-refractivity contribution is -0.139. The van der Waals surface area contributed by atoms with Crippen molar-refractivity contribution < 1.29 is 9.59 Å². The van der Waals surface area contributed by atoms with Gasteiger partial charge in [-0.1, -0.05) is 60.7 Å². The van der Waals surface area contributed by atoms with E-state index in [9.17, 15) is 9.59 Å². The molecule has 8 heteroatoms. The predicted octanol–water partition coefficient (Wildman–Crippen LogP) is 4.00. The van der Waals surface area contributed by atoms with Crippen LogP contribution in [0.4, 0.5) is 4.79 Å². The van der Waals surface area contributed by atoms with Gasteiger partial charge in [-0.05, 0) is 38.3 Å². The van der Waals surface area contributed by atoms with E-state index < -0.39 is 6.04 Å². The Morgan fingerprint density at radius 1 is 1.00 bits per heavy atom. The number of piperazine rings is 1. The van der Waals surface area contributed by atoms with Crippen LogP contribution < -0.4 is 5.32 Å². The number of aryl methyl sites for hydroxylation is 1. The maximum atomic E-state index is 14.2. The van der Waals surface area contributed by atoms with Crippen LogP contribution in [0, 0.1) is 0 Å². The van der Waals surface area contributed by atoms with Gasteiger partial charge in [0.05, 0.1) is 6.33 Å². The van der Waals surface area contributed by atoms with E-state index in [1.165, 1.54) is 5.56 Å². The van der Waals surface area contributed by atoms with Gasteiger partial charge in [-0.3, -0.25) is 9.69 Å². The molecule has 8 nitrogen and oxygen atoms in total. The molecular weight excluding hydrogens is 476 g/mol. The summed E-state index contributed by atoms with van der Waals surface area (Å²) in [6, 6.07) is 19.6. The molecule has 0 radical (unpaired) electrons. The minimum atomic E-state index is -0.563. The normalized spacial score (nSPS) is 16.3. The molecule has 3 aromatic rings. The average Bonchev–Trinajstić information content (AvgIpc) is 3.41. The van der Waals surface area contributed by atoms with E-state index in [4.69, 9.17) is 0 Å². The summed E-state index contributed by atoms with van der Waals surface area (Å²) in [7, 11) is 0. The highest BCUT2D eigenvalue weighted by atomic mass is 16.2. The molecule has 2 aromatic carbocycles. The highest BCUT2D eigenvalue weighted by molar-refractivity contribution is 5.88. The van der Waals surface area contributed by atoms with Crippen molar-refractivity contribution in [2.24, 2.45) is 0 Å². The summed E-state index contributed by atoms with van der Waals surface area (Å²) in [5, 5.41) is 3.08. The molecular formula is C30H40N6O2. The van der Waals surface area contributed by atoms with Gasteiger partial charge in [0.1, 0.15) is 6.04 Å². The van der Waals surface area contributed by atoms with Crippen molar-refractivity contribution in [3.8, 4) is 0 Å². The molecule has 1 saturated heterocycles. The quantitative estimate of drug-likeness (QED) is 0.467. The molecule has 1 fully saturated rings. The molecule has 0 unspecified atom stereocenters. The fourth-order valence-corrected chi connectivity index (χ4v) is 4.82. The maximum absolute atomic E-state index is 14.2. The molecule has 202 valence electrons. The molecule has 1 aliphatic heterocycles. The summed E-state index contributed by atoms with van der Waals surface area (Å²) >= 11 is 0. The van der Waals surface area contributed by atoms with Crippen molar-refractivity contribution in [3.63, 3.8) is 0 Å². The van der Waals surface area contributed by atoms with Crippen LogP contribution in [-0.2, 0) is 24.4 Å². The number of imidazole rings is 1. The van der Waals surface area contributed by atoms with Gasteiger partial charge in [-0.2, -0.15) is 0 Å². The van der Waals surface area contributed by atoms with E-state index in [1.807, 2.05) is 85.0 Å². The van der Waals surface area contributed by atoms with Crippen molar-refractivity contribution in [2.45, 2.75) is 58.4 Å². The van der Waals surface area contributed by atoms with Gasteiger partial charge >= 0.3 is 6.03 Å². The van der Waals surface area contributed by atoms with E-state index >= 15 is 0 Å². The lowest BCUT2D eigenvalue weighted by Gasteiger charge is -2.43. The first-order valence-corrected chi connectivity index (χ1v) is 13.4. The summed E-state index contributed by atoms with van der Waals surface area (Å²) in [4.78, 5) is 37.7. The second-order valence-corrected chi connectivity index (χ2v) is 11.0. The molecule has 38 heavy (non-hydrogen) atoms. The molecule has 1 aliphatic rings. The number of aromatic nitrogens is 2. The lowest BCUT2D eigenvalue weighted by atomic mass is 10.1. The Labute approximate surface area is 226 Å². The minimum absolute atomic E-state index is 0.0127. The van der Waals surface area contributed by atoms with E-state index in [2.05, 4.69) is 27.3 Å². The zero-order chi connectivity index (χ0) is 27.0. The first kappa shape index (κ1) is 27.4. The van der Waals surface area contributed by atoms with Crippen molar-refractivity contribution in [1.29, 1.82) is 0 Å². The monoisotopic (exact) mass is 516 g/mol. The van der Waals surface area contributed by atoms with Crippen LogP contribution in [0.25, 0.3) is 0 Å². The van der Waals surface area contributed by atoms with Crippen LogP contribution in [0.15, 0.2) is 79.4 Å². The van der Waals surface area contributed by atoms with Crippen LogP contribution in [0.3, 0.4) is 0 Å². The number of nitrogens with one attached hydrogen (secondary N) is 1. The third-order valence-electron chi connectivity index (χ3n) is 6.67. The standard InChI is InChI=1S/C30H40N6O2/c1-30(2,3)32-29(38)36-20-19-34(21-25-11-6-4-7-12-25)23-27(36)28(37)35(22-26-13-8-5-9-14-26)17-10-16-33-18-15-31-24-33/h4-9,11-15,18,24,27H,10,16-17,19-23H2,1-3H3,(H,32,38)/t27-/m1/s1. The van der Waals surface area contributed by atoms with E-state index in [1.54, 1.807) is 17.4 Å². The molecule has 2 heterocycles.